The van der Waals surface area contributed by atoms with Crippen molar-refractivity contribution in [2.45, 2.75) is 40.3 Å². The average Bonchev–Trinajstić information content (AvgIpc) is 2.95. The summed E-state index contributed by atoms with van der Waals surface area (Å²) in [5.41, 5.74) is 3.34. The molecule has 1 aromatic heterocycles. The first-order valence-corrected chi connectivity index (χ1v) is 9.15. The van der Waals surface area contributed by atoms with Crippen molar-refractivity contribution in [1.29, 1.82) is 0 Å². The van der Waals surface area contributed by atoms with Gasteiger partial charge in [0.05, 0.1) is 32.0 Å². The van der Waals surface area contributed by atoms with Crippen LogP contribution in [0.2, 0.25) is 0 Å². The number of quaternary nitrogens is 1. The fourth-order valence-electron chi connectivity index (χ4n) is 3.20. The van der Waals surface area contributed by atoms with Crippen LogP contribution in [0.3, 0.4) is 0 Å². The minimum atomic E-state index is -0.396. The van der Waals surface area contributed by atoms with Crippen LogP contribution in [0.1, 0.15) is 51.5 Å². The Hall–Kier alpha value is -2.60. The minimum Gasteiger partial charge on any atom is -0.497 e. The molecule has 1 heterocycles. The molecule has 146 valence electrons. The third-order valence-corrected chi connectivity index (χ3v) is 4.91. The zero-order valence-electron chi connectivity index (χ0n) is 16.9. The molecule has 6 heteroatoms. The summed E-state index contributed by atoms with van der Waals surface area (Å²) in [6.45, 7) is 8.22. The second kappa shape index (κ2) is 8.86. The van der Waals surface area contributed by atoms with E-state index in [4.69, 9.17) is 9.47 Å². The number of ether oxygens (including phenoxy) is 2. The SMILES string of the molecule is CCOC(=O)c1c(C)[nH]c(C(=O)[C@@H](C)[NH+](C)Cc2cccc(OC)c2)c1C. The van der Waals surface area contributed by atoms with Crippen LogP contribution in [0.15, 0.2) is 24.3 Å². The summed E-state index contributed by atoms with van der Waals surface area (Å²) in [6, 6.07) is 7.56. The lowest BCUT2D eigenvalue weighted by molar-refractivity contribution is -0.907. The number of carbonyl (C=O) groups excluding carboxylic acids is 2. The Labute approximate surface area is 160 Å². The molecule has 2 rings (SSSR count). The molecule has 6 nitrogen and oxygen atoms in total. The summed E-state index contributed by atoms with van der Waals surface area (Å²) in [6.07, 6.45) is 0. The monoisotopic (exact) mass is 373 g/mol. The van der Waals surface area contributed by atoms with E-state index in [1.54, 1.807) is 27.9 Å². The number of hydrogen-bond donors (Lipinski definition) is 2. The summed E-state index contributed by atoms with van der Waals surface area (Å²) >= 11 is 0. The Kier molecular flexibility index (Phi) is 6.80. The molecule has 0 saturated heterocycles. The van der Waals surface area contributed by atoms with Crippen molar-refractivity contribution in [2.75, 3.05) is 20.8 Å². The van der Waals surface area contributed by atoms with Gasteiger partial charge in [-0.1, -0.05) is 12.1 Å². The van der Waals surface area contributed by atoms with Crippen LogP contribution in [0, 0.1) is 13.8 Å². The Morgan fingerprint density at radius 2 is 1.96 bits per heavy atom. The molecule has 0 bridgehead atoms. The molecule has 0 aliphatic heterocycles. The molecule has 0 fully saturated rings. The third kappa shape index (κ3) is 4.57. The predicted octanol–water partition coefficient (Wildman–Crippen LogP) is 2.10. The second-order valence-corrected chi connectivity index (χ2v) is 6.81. The Balaban J connectivity index is 2.19. The maximum absolute atomic E-state index is 13.0. The fraction of sp³-hybridized carbons (Fsp3) is 0.429. The van der Waals surface area contributed by atoms with Gasteiger partial charge in [0.2, 0.25) is 5.78 Å². The number of hydrogen-bond acceptors (Lipinski definition) is 4. The number of aromatic amines is 1. The van der Waals surface area contributed by atoms with Crippen molar-refractivity contribution in [3.05, 3.63) is 52.3 Å². The molecule has 27 heavy (non-hydrogen) atoms. The smallest absolute Gasteiger partial charge is 0.340 e. The van der Waals surface area contributed by atoms with Crippen molar-refractivity contribution in [2.24, 2.45) is 0 Å². The number of esters is 1. The normalized spacial score (nSPS) is 13.1. The van der Waals surface area contributed by atoms with E-state index in [2.05, 4.69) is 4.98 Å². The largest absolute Gasteiger partial charge is 0.497 e. The van der Waals surface area contributed by atoms with E-state index < -0.39 is 5.97 Å². The number of rotatable bonds is 8. The lowest BCUT2D eigenvalue weighted by Crippen LogP contribution is -3.12. The molecule has 1 unspecified atom stereocenters. The van der Waals surface area contributed by atoms with Gasteiger partial charge in [0.25, 0.3) is 0 Å². The molecular weight excluding hydrogens is 344 g/mol. The third-order valence-electron chi connectivity index (χ3n) is 4.91. The van der Waals surface area contributed by atoms with Gasteiger partial charge in [0, 0.05) is 11.3 Å². The molecule has 0 saturated carbocycles. The van der Waals surface area contributed by atoms with Gasteiger partial charge in [0.15, 0.2) is 6.04 Å². The predicted molar refractivity (Wildman–Crippen MR) is 104 cm³/mol. The van der Waals surface area contributed by atoms with Crippen LogP contribution in [-0.2, 0) is 11.3 Å². The Morgan fingerprint density at radius 1 is 1.26 bits per heavy atom. The van der Waals surface area contributed by atoms with E-state index in [0.717, 1.165) is 16.2 Å². The van der Waals surface area contributed by atoms with Gasteiger partial charge >= 0.3 is 5.97 Å². The number of ketones is 1. The van der Waals surface area contributed by atoms with Gasteiger partial charge in [-0.05, 0) is 45.4 Å². The van der Waals surface area contributed by atoms with Crippen LogP contribution < -0.4 is 9.64 Å². The maximum Gasteiger partial charge on any atom is 0.340 e. The summed E-state index contributed by atoms with van der Waals surface area (Å²) in [7, 11) is 3.62. The molecule has 0 radical (unpaired) electrons. The number of Topliss-reactive ketones (excluding diaryl/α,β-unsaturated/α-hetero) is 1. The Morgan fingerprint density at radius 3 is 2.59 bits per heavy atom. The van der Waals surface area contributed by atoms with Gasteiger partial charge < -0.3 is 19.4 Å². The van der Waals surface area contributed by atoms with Crippen molar-refractivity contribution in [3.8, 4) is 5.75 Å². The number of likely N-dealkylation sites (N-methyl/N-ethyl adjacent to an activating group) is 1. The molecular formula is C21H29N2O4+. The lowest BCUT2D eigenvalue weighted by Gasteiger charge is -2.21. The van der Waals surface area contributed by atoms with E-state index in [1.807, 2.05) is 38.2 Å². The van der Waals surface area contributed by atoms with Crippen LogP contribution in [0.25, 0.3) is 0 Å². The highest BCUT2D eigenvalue weighted by molar-refractivity contribution is 6.03. The number of aromatic nitrogens is 1. The molecule has 0 aliphatic carbocycles. The van der Waals surface area contributed by atoms with Crippen LogP contribution in [-0.4, -0.2) is 43.5 Å². The van der Waals surface area contributed by atoms with E-state index >= 15 is 0 Å². The first-order chi connectivity index (χ1) is 12.8. The van der Waals surface area contributed by atoms with Gasteiger partial charge in [-0.15, -0.1) is 0 Å². The zero-order chi connectivity index (χ0) is 20.1. The highest BCUT2D eigenvalue weighted by Crippen LogP contribution is 2.20. The summed E-state index contributed by atoms with van der Waals surface area (Å²) in [5.74, 6) is 0.383. The van der Waals surface area contributed by atoms with Gasteiger partial charge in [-0.3, -0.25) is 4.79 Å². The molecule has 2 aromatic rings. The maximum atomic E-state index is 13.0. The topological polar surface area (TPSA) is 72.8 Å². The lowest BCUT2D eigenvalue weighted by atomic mass is 10.0. The second-order valence-electron chi connectivity index (χ2n) is 6.81. The molecule has 2 N–H and O–H groups in total. The van der Waals surface area contributed by atoms with Crippen molar-refractivity contribution in [1.82, 2.24) is 4.98 Å². The molecule has 0 aliphatic rings. The summed E-state index contributed by atoms with van der Waals surface area (Å²) in [5, 5.41) is 0. The molecule has 0 amide bonds. The number of nitrogens with one attached hydrogen (secondary N) is 2. The van der Waals surface area contributed by atoms with Crippen LogP contribution in [0.4, 0.5) is 0 Å². The van der Waals surface area contributed by atoms with E-state index in [-0.39, 0.29) is 11.8 Å². The standard InChI is InChI=1S/C21H28N2O4/c1-7-27-21(25)18-13(2)19(22-14(18)3)20(24)15(4)23(5)12-16-9-8-10-17(11-16)26-6/h8-11,15,22H,7,12H2,1-6H3/p+1/t15-/m1/s1. The van der Waals surface area contributed by atoms with Crippen molar-refractivity contribution < 1.29 is 24.0 Å². The van der Waals surface area contributed by atoms with Gasteiger partial charge in [-0.25, -0.2) is 4.79 Å². The van der Waals surface area contributed by atoms with E-state index in [9.17, 15) is 9.59 Å². The summed E-state index contributed by atoms with van der Waals surface area (Å²) in [4.78, 5) is 29.3. The fourth-order valence-corrected chi connectivity index (χ4v) is 3.20. The average molecular weight is 373 g/mol. The van der Waals surface area contributed by atoms with Crippen LogP contribution in [0.5, 0.6) is 5.75 Å². The number of aryl methyl sites for hydroxylation is 1. The summed E-state index contributed by atoms with van der Waals surface area (Å²) < 4.78 is 10.4. The van der Waals surface area contributed by atoms with Crippen molar-refractivity contribution in [3.63, 3.8) is 0 Å². The zero-order valence-corrected chi connectivity index (χ0v) is 16.9. The molecule has 0 spiro atoms. The van der Waals surface area contributed by atoms with Gasteiger partial charge in [0.1, 0.15) is 12.3 Å². The van der Waals surface area contributed by atoms with Gasteiger partial charge in [-0.2, -0.15) is 0 Å². The number of H-pyrrole nitrogens is 1. The molecule has 1 aromatic carbocycles. The highest BCUT2D eigenvalue weighted by atomic mass is 16.5. The number of carbonyl (C=O) groups is 2. The van der Waals surface area contributed by atoms with E-state index in [0.29, 0.717) is 35.7 Å². The minimum absolute atomic E-state index is 0.0217. The quantitative estimate of drug-likeness (QED) is 0.549. The molecule has 2 atom stereocenters. The first kappa shape index (κ1) is 20.7. The van der Waals surface area contributed by atoms with E-state index in [1.165, 1.54) is 0 Å². The Bertz CT molecular complexity index is 826. The highest BCUT2D eigenvalue weighted by Gasteiger charge is 2.29. The first-order valence-electron chi connectivity index (χ1n) is 9.15. The number of methoxy groups -OCH3 is 1. The van der Waals surface area contributed by atoms with Crippen LogP contribution >= 0.6 is 0 Å². The number of benzene rings is 1. The van der Waals surface area contributed by atoms with Crippen molar-refractivity contribution >= 4 is 11.8 Å².